The number of para-hydroxylation sites is 1. The lowest BCUT2D eigenvalue weighted by atomic mass is 9.99. The Bertz CT molecular complexity index is 824. The van der Waals surface area contributed by atoms with Gasteiger partial charge in [0.2, 0.25) is 5.91 Å². The largest absolute Gasteiger partial charge is 0.507 e. The maximum atomic E-state index is 12.8. The highest BCUT2D eigenvalue weighted by Gasteiger charge is 2.33. The van der Waals surface area contributed by atoms with E-state index in [1.807, 2.05) is 6.07 Å². The monoisotopic (exact) mass is 365 g/mol. The molecule has 1 aliphatic heterocycles. The van der Waals surface area contributed by atoms with Crippen molar-refractivity contribution in [3.63, 3.8) is 0 Å². The first-order chi connectivity index (χ1) is 12.3. The molecule has 1 heterocycles. The van der Waals surface area contributed by atoms with Crippen molar-refractivity contribution in [1.29, 1.82) is 0 Å². The number of carbonyl (C=O) groups is 1. The molecule has 5 nitrogen and oxygen atoms in total. The number of phenolic OH excluding ortho intramolecular Hbond substituents is 1. The van der Waals surface area contributed by atoms with Crippen LogP contribution in [-0.2, 0) is 11.0 Å². The van der Waals surface area contributed by atoms with Crippen molar-refractivity contribution >= 4 is 11.6 Å². The Kier molecular flexibility index (Phi) is 4.88. The van der Waals surface area contributed by atoms with Crippen LogP contribution in [0, 0.1) is 6.92 Å². The van der Waals surface area contributed by atoms with Gasteiger partial charge in [-0.25, -0.2) is 10.9 Å². The van der Waals surface area contributed by atoms with Crippen LogP contribution in [0.1, 0.15) is 29.2 Å². The molecule has 0 aromatic heterocycles. The third-order valence-electron chi connectivity index (χ3n) is 4.32. The third kappa shape index (κ3) is 3.81. The molecule has 0 aliphatic carbocycles. The number of aryl methyl sites for hydroxylation is 1. The molecule has 2 aromatic rings. The first-order valence-corrected chi connectivity index (χ1v) is 8.03. The van der Waals surface area contributed by atoms with Gasteiger partial charge in [-0.15, -0.1) is 0 Å². The number of phenols is 1. The Hall–Kier alpha value is -2.58. The predicted octanol–water partition coefficient (Wildman–Crippen LogP) is 3.27. The summed E-state index contributed by atoms with van der Waals surface area (Å²) in [5.41, 5.74) is 6.40. The molecule has 138 valence electrons. The van der Waals surface area contributed by atoms with E-state index in [1.165, 1.54) is 12.1 Å². The van der Waals surface area contributed by atoms with Gasteiger partial charge in [0.1, 0.15) is 11.8 Å². The van der Waals surface area contributed by atoms with E-state index >= 15 is 0 Å². The number of halogens is 3. The van der Waals surface area contributed by atoms with E-state index in [4.69, 9.17) is 0 Å². The standard InChI is InChI=1S/C18H18F3N3O2/c1-10-4-2-7-13(16(10)25)14-9-15(24-23-14)17(26)22-12-6-3-5-11(8-12)18(19,20)21/h2-8,14-15,23-25H,9H2,1H3,(H,22,26). The molecule has 0 bridgehead atoms. The Morgan fingerprint density at radius 1 is 1.19 bits per heavy atom. The van der Waals surface area contributed by atoms with Crippen molar-refractivity contribution in [2.45, 2.75) is 31.6 Å². The number of benzene rings is 2. The van der Waals surface area contributed by atoms with Crippen molar-refractivity contribution in [3.8, 4) is 5.75 Å². The fourth-order valence-corrected chi connectivity index (χ4v) is 2.90. The van der Waals surface area contributed by atoms with Crippen LogP contribution in [0.2, 0.25) is 0 Å². The van der Waals surface area contributed by atoms with E-state index in [1.54, 1.807) is 19.1 Å². The van der Waals surface area contributed by atoms with Crippen LogP contribution in [0.3, 0.4) is 0 Å². The normalized spacial score (nSPS) is 20.2. The minimum Gasteiger partial charge on any atom is -0.507 e. The predicted molar refractivity (Wildman–Crippen MR) is 90.3 cm³/mol. The minimum atomic E-state index is -4.47. The highest BCUT2D eigenvalue weighted by Crippen LogP contribution is 2.33. The zero-order chi connectivity index (χ0) is 18.9. The van der Waals surface area contributed by atoms with E-state index in [0.717, 1.165) is 17.7 Å². The molecule has 26 heavy (non-hydrogen) atoms. The number of alkyl halides is 3. The summed E-state index contributed by atoms with van der Waals surface area (Å²) in [6.07, 6.45) is -4.12. The number of hydrogen-bond donors (Lipinski definition) is 4. The molecular weight excluding hydrogens is 347 g/mol. The van der Waals surface area contributed by atoms with E-state index in [-0.39, 0.29) is 17.5 Å². The van der Waals surface area contributed by atoms with Gasteiger partial charge < -0.3 is 10.4 Å². The smallest absolute Gasteiger partial charge is 0.416 e. The van der Waals surface area contributed by atoms with E-state index in [0.29, 0.717) is 12.0 Å². The summed E-state index contributed by atoms with van der Waals surface area (Å²) in [7, 11) is 0. The second-order valence-corrected chi connectivity index (χ2v) is 6.21. The molecule has 4 N–H and O–H groups in total. The van der Waals surface area contributed by atoms with E-state index in [2.05, 4.69) is 16.2 Å². The van der Waals surface area contributed by atoms with Crippen LogP contribution in [-0.4, -0.2) is 17.1 Å². The van der Waals surface area contributed by atoms with Crippen molar-refractivity contribution in [1.82, 2.24) is 10.9 Å². The molecule has 1 saturated heterocycles. The van der Waals surface area contributed by atoms with Crippen molar-refractivity contribution in [2.75, 3.05) is 5.32 Å². The Labute approximate surface area is 148 Å². The van der Waals surface area contributed by atoms with Gasteiger partial charge in [0, 0.05) is 11.3 Å². The second kappa shape index (κ2) is 6.97. The number of carbonyl (C=O) groups excluding carboxylic acids is 1. The van der Waals surface area contributed by atoms with Crippen LogP contribution in [0.25, 0.3) is 0 Å². The number of anilines is 1. The summed E-state index contributed by atoms with van der Waals surface area (Å²) in [6.45, 7) is 1.78. The second-order valence-electron chi connectivity index (χ2n) is 6.21. The first kappa shape index (κ1) is 18.2. The molecule has 3 rings (SSSR count). The lowest BCUT2D eigenvalue weighted by Crippen LogP contribution is -2.39. The Morgan fingerprint density at radius 2 is 1.92 bits per heavy atom. The number of hydrogen-bond acceptors (Lipinski definition) is 4. The first-order valence-electron chi connectivity index (χ1n) is 8.03. The highest BCUT2D eigenvalue weighted by molar-refractivity contribution is 5.95. The van der Waals surface area contributed by atoms with Gasteiger partial charge in [-0.05, 0) is 37.1 Å². The van der Waals surface area contributed by atoms with Crippen molar-refractivity contribution in [3.05, 3.63) is 59.2 Å². The molecule has 1 amide bonds. The summed E-state index contributed by atoms with van der Waals surface area (Å²) in [5, 5.41) is 12.6. The lowest BCUT2D eigenvalue weighted by Gasteiger charge is -2.13. The molecule has 0 spiro atoms. The third-order valence-corrected chi connectivity index (χ3v) is 4.32. The van der Waals surface area contributed by atoms with Crippen LogP contribution in [0.5, 0.6) is 5.75 Å². The summed E-state index contributed by atoms with van der Waals surface area (Å²) >= 11 is 0. The van der Waals surface area contributed by atoms with E-state index < -0.39 is 23.7 Å². The number of amides is 1. The maximum absolute atomic E-state index is 12.8. The van der Waals surface area contributed by atoms with Gasteiger partial charge >= 0.3 is 6.18 Å². The zero-order valence-corrected chi connectivity index (χ0v) is 13.9. The van der Waals surface area contributed by atoms with Crippen LogP contribution in [0.4, 0.5) is 18.9 Å². The maximum Gasteiger partial charge on any atom is 0.416 e. The topological polar surface area (TPSA) is 73.4 Å². The molecule has 1 fully saturated rings. The fraction of sp³-hybridized carbons (Fsp3) is 0.278. The molecule has 0 saturated carbocycles. The minimum absolute atomic E-state index is 0.0773. The molecule has 0 radical (unpaired) electrons. The molecular formula is C18H18F3N3O2. The average Bonchev–Trinajstić information content (AvgIpc) is 3.07. The van der Waals surface area contributed by atoms with Gasteiger partial charge in [0.25, 0.3) is 0 Å². The lowest BCUT2D eigenvalue weighted by molar-refractivity contribution is -0.137. The molecule has 1 aliphatic rings. The molecule has 2 aromatic carbocycles. The number of rotatable bonds is 3. The fourth-order valence-electron chi connectivity index (χ4n) is 2.90. The van der Waals surface area contributed by atoms with Gasteiger partial charge in [-0.2, -0.15) is 13.2 Å². The summed E-state index contributed by atoms with van der Waals surface area (Å²) in [6, 6.07) is 8.90. The number of aromatic hydroxyl groups is 1. The summed E-state index contributed by atoms with van der Waals surface area (Å²) in [5.74, 6) is -0.294. The zero-order valence-electron chi connectivity index (χ0n) is 13.9. The van der Waals surface area contributed by atoms with E-state index in [9.17, 15) is 23.1 Å². The van der Waals surface area contributed by atoms with Gasteiger partial charge in [0.05, 0.1) is 11.6 Å². The van der Waals surface area contributed by atoms with Crippen LogP contribution >= 0.6 is 0 Å². The Balaban J connectivity index is 1.68. The highest BCUT2D eigenvalue weighted by atomic mass is 19.4. The molecule has 2 unspecified atom stereocenters. The van der Waals surface area contributed by atoms with Gasteiger partial charge in [-0.3, -0.25) is 4.79 Å². The number of nitrogens with one attached hydrogen (secondary N) is 3. The molecule has 2 atom stereocenters. The Morgan fingerprint density at radius 3 is 2.65 bits per heavy atom. The summed E-state index contributed by atoms with van der Waals surface area (Å²) in [4.78, 5) is 12.3. The van der Waals surface area contributed by atoms with Crippen LogP contribution in [0.15, 0.2) is 42.5 Å². The van der Waals surface area contributed by atoms with Gasteiger partial charge in [-0.1, -0.05) is 24.3 Å². The van der Waals surface area contributed by atoms with Gasteiger partial charge in [0.15, 0.2) is 0 Å². The number of hydrazine groups is 1. The van der Waals surface area contributed by atoms with Crippen molar-refractivity contribution in [2.24, 2.45) is 0 Å². The van der Waals surface area contributed by atoms with Crippen LogP contribution < -0.4 is 16.2 Å². The molecule has 8 heteroatoms. The SMILES string of the molecule is Cc1cccc(C2CC(C(=O)Nc3cccc(C(F)(F)F)c3)NN2)c1O. The average molecular weight is 365 g/mol. The quantitative estimate of drug-likeness (QED) is 0.674. The van der Waals surface area contributed by atoms with Crippen molar-refractivity contribution < 1.29 is 23.1 Å². The summed E-state index contributed by atoms with van der Waals surface area (Å²) < 4.78 is 38.3.